The van der Waals surface area contributed by atoms with Crippen molar-refractivity contribution in [2.45, 2.75) is 16.5 Å². The lowest BCUT2D eigenvalue weighted by molar-refractivity contribution is 0.199. The number of ether oxygens (including phenoxy) is 1. The normalized spacial score (nSPS) is 13.0. The lowest BCUT2D eigenvalue weighted by Gasteiger charge is -2.09. The van der Waals surface area contributed by atoms with Crippen LogP contribution in [0.4, 0.5) is 0 Å². The van der Waals surface area contributed by atoms with E-state index >= 15 is 0 Å². The van der Waals surface area contributed by atoms with Crippen molar-refractivity contribution in [2.24, 2.45) is 0 Å². The minimum absolute atomic E-state index is 0.514. The topological polar surface area (TPSA) is 47.0 Å². The molecule has 1 atom stereocenters. The molecule has 0 amide bonds. The molecule has 0 spiro atoms. The molecular weight excluding hydrogens is 218 g/mol. The highest BCUT2D eigenvalue weighted by atomic mass is 32.2. The highest BCUT2D eigenvalue weighted by Gasteiger charge is 2.05. The molecule has 4 nitrogen and oxygen atoms in total. The molecule has 0 fully saturated rings. The zero-order valence-electron chi connectivity index (χ0n) is 8.40. The standard InChI is InChI=1S/C8H15N3OS2/c1-7(5-9-3-4-12-2)14-8-11-10-6-13-8/h6-7,9H,3-5H2,1-2H3. The highest BCUT2D eigenvalue weighted by molar-refractivity contribution is 8.01. The fraction of sp³-hybridized carbons (Fsp3) is 0.750. The molecule has 0 saturated heterocycles. The van der Waals surface area contributed by atoms with E-state index in [9.17, 15) is 0 Å². The van der Waals surface area contributed by atoms with Crippen LogP contribution in [0.25, 0.3) is 0 Å². The zero-order chi connectivity index (χ0) is 10.2. The Labute approximate surface area is 92.5 Å². The van der Waals surface area contributed by atoms with Crippen LogP contribution in [0.2, 0.25) is 0 Å². The van der Waals surface area contributed by atoms with Crippen molar-refractivity contribution in [2.75, 3.05) is 26.8 Å². The first-order chi connectivity index (χ1) is 6.83. The number of nitrogens with one attached hydrogen (secondary N) is 1. The Kier molecular flexibility index (Phi) is 6.09. The second kappa shape index (κ2) is 7.17. The molecule has 0 saturated carbocycles. The van der Waals surface area contributed by atoms with Gasteiger partial charge in [0.25, 0.3) is 0 Å². The molecule has 1 unspecified atom stereocenters. The summed E-state index contributed by atoms with van der Waals surface area (Å²) in [6.07, 6.45) is 0. The van der Waals surface area contributed by atoms with E-state index in [1.54, 1.807) is 35.7 Å². The van der Waals surface area contributed by atoms with E-state index in [1.165, 1.54) is 0 Å². The number of methoxy groups -OCH3 is 1. The summed E-state index contributed by atoms with van der Waals surface area (Å²) in [6.45, 7) is 4.80. The van der Waals surface area contributed by atoms with Crippen molar-refractivity contribution in [3.05, 3.63) is 5.51 Å². The number of hydrogen-bond donors (Lipinski definition) is 1. The Hall–Kier alpha value is -0.170. The summed E-state index contributed by atoms with van der Waals surface area (Å²) in [6, 6.07) is 0. The average molecular weight is 233 g/mol. The van der Waals surface area contributed by atoms with E-state index in [2.05, 4.69) is 22.4 Å². The van der Waals surface area contributed by atoms with Gasteiger partial charge >= 0.3 is 0 Å². The van der Waals surface area contributed by atoms with E-state index < -0.39 is 0 Å². The van der Waals surface area contributed by atoms with Crippen molar-refractivity contribution in [1.29, 1.82) is 0 Å². The fourth-order valence-electron chi connectivity index (χ4n) is 0.908. The Morgan fingerprint density at radius 1 is 1.71 bits per heavy atom. The van der Waals surface area contributed by atoms with Gasteiger partial charge in [-0.05, 0) is 0 Å². The summed E-state index contributed by atoms with van der Waals surface area (Å²) < 4.78 is 5.97. The molecule has 0 bridgehead atoms. The molecule has 14 heavy (non-hydrogen) atoms. The van der Waals surface area contributed by atoms with Crippen molar-refractivity contribution >= 4 is 23.1 Å². The Morgan fingerprint density at radius 3 is 3.21 bits per heavy atom. The molecule has 0 aliphatic carbocycles. The Morgan fingerprint density at radius 2 is 2.57 bits per heavy atom. The predicted molar refractivity (Wildman–Crippen MR) is 60.0 cm³/mol. The molecule has 0 radical (unpaired) electrons. The van der Waals surface area contributed by atoms with Crippen molar-refractivity contribution in [3.8, 4) is 0 Å². The number of aromatic nitrogens is 2. The lowest BCUT2D eigenvalue weighted by Crippen LogP contribution is -2.26. The van der Waals surface area contributed by atoms with Gasteiger partial charge in [0, 0.05) is 25.4 Å². The summed E-state index contributed by atoms with van der Waals surface area (Å²) >= 11 is 3.33. The van der Waals surface area contributed by atoms with Crippen LogP contribution < -0.4 is 5.32 Å². The van der Waals surface area contributed by atoms with Gasteiger partial charge in [-0.3, -0.25) is 0 Å². The maximum Gasteiger partial charge on any atom is 0.174 e. The van der Waals surface area contributed by atoms with Gasteiger partial charge in [-0.2, -0.15) is 0 Å². The smallest absolute Gasteiger partial charge is 0.174 e. The second-order valence-corrected chi connectivity index (χ2v) is 5.35. The largest absolute Gasteiger partial charge is 0.383 e. The van der Waals surface area contributed by atoms with Gasteiger partial charge in [0.05, 0.1) is 6.61 Å². The van der Waals surface area contributed by atoms with Gasteiger partial charge in [0.15, 0.2) is 4.34 Å². The van der Waals surface area contributed by atoms with Crippen LogP contribution >= 0.6 is 23.1 Å². The third-order valence-corrected chi connectivity index (χ3v) is 3.47. The van der Waals surface area contributed by atoms with Crippen molar-refractivity contribution in [1.82, 2.24) is 15.5 Å². The first-order valence-electron chi connectivity index (χ1n) is 4.45. The van der Waals surface area contributed by atoms with Gasteiger partial charge in [0.2, 0.25) is 0 Å². The molecular formula is C8H15N3OS2. The lowest BCUT2D eigenvalue weighted by atomic mass is 10.4. The minimum atomic E-state index is 0.514. The first-order valence-corrected chi connectivity index (χ1v) is 6.21. The van der Waals surface area contributed by atoms with E-state index in [-0.39, 0.29) is 0 Å². The van der Waals surface area contributed by atoms with Crippen molar-refractivity contribution < 1.29 is 4.74 Å². The maximum atomic E-state index is 4.94. The van der Waals surface area contributed by atoms with E-state index in [0.717, 1.165) is 24.0 Å². The highest BCUT2D eigenvalue weighted by Crippen LogP contribution is 2.23. The zero-order valence-corrected chi connectivity index (χ0v) is 10.0. The summed E-state index contributed by atoms with van der Waals surface area (Å²) in [5, 5.41) is 11.6. The molecule has 0 aliphatic rings. The van der Waals surface area contributed by atoms with Crippen LogP contribution in [0.5, 0.6) is 0 Å². The van der Waals surface area contributed by atoms with Crippen LogP contribution in [0.3, 0.4) is 0 Å². The van der Waals surface area contributed by atoms with Crippen LogP contribution in [0, 0.1) is 0 Å². The number of thioether (sulfide) groups is 1. The Balaban J connectivity index is 2.07. The minimum Gasteiger partial charge on any atom is -0.383 e. The SMILES string of the molecule is COCCNCC(C)Sc1nncs1. The molecule has 1 rings (SSSR count). The summed E-state index contributed by atoms with van der Waals surface area (Å²) in [5.74, 6) is 0. The summed E-state index contributed by atoms with van der Waals surface area (Å²) in [7, 11) is 1.71. The third-order valence-electron chi connectivity index (χ3n) is 1.56. The van der Waals surface area contributed by atoms with Crippen LogP contribution in [0.1, 0.15) is 6.92 Å². The predicted octanol–water partition coefficient (Wildman–Crippen LogP) is 1.25. The molecule has 0 aromatic carbocycles. The monoisotopic (exact) mass is 233 g/mol. The van der Waals surface area contributed by atoms with Crippen LogP contribution in [-0.4, -0.2) is 42.3 Å². The fourth-order valence-corrected chi connectivity index (χ4v) is 2.67. The number of rotatable bonds is 7. The first kappa shape index (κ1) is 11.9. The molecule has 0 aliphatic heterocycles. The van der Waals surface area contributed by atoms with Gasteiger partial charge < -0.3 is 10.1 Å². The third kappa shape index (κ3) is 4.90. The molecule has 80 valence electrons. The van der Waals surface area contributed by atoms with E-state index in [4.69, 9.17) is 4.74 Å². The second-order valence-electron chi connectivity index (χ2n) is 2.83. The molecule has 6 heteroatoms. The van der Waals surface area contributed by atoms with Crippen LogP contribution in [-0.2, 0) is 4.74 Å². The molecule has 1 aromatic heterocycles. The van der Waals surface area contributed by atoms with E-state index in [0.29, 0.717) is 5.25 Å². The summed E-state index contributed by atoms with van der Waals surface area (Å²) in [4.78, 5) is 0. The van der Waals surface area contributed by atoms with Gasteiger partial charge in [-0.15, -0.1) is 10.2 Å². The summed E-state index contributed by atoms with van der Waals surface area (Å²) in [5.41, 5.74) is 1.76. The molecule has 1 aromatic rings. The van der Waals surface area contributed by atoms with E-state index in [1.807, 2.05) is 0 Å². The maximum absolute atomic E-state index is 4.94. The van der Waals surface area contributed by atoms with Gasteiger partial charge in [-0.1, -0.05) is 30.0 Å². The van der Waals surface area contributed by atoms with Gasteiger partial charge in [0.1, 0.15) is 5.51 Å². The van der Waals surface area contributed by atoms with Crippen LogP contribution in [0.15, 0.2) is 9.85 Å². The number of hydrogen-bond acceptors (Lipinski definition) is 6. The number of nitrogens with zero attached hydrogens (tertiary/aromatic N) is 2. The quantitative estimate of drug-likeness (QED) is 0.567. The molecule has 1 heterocycles. The van der Waals surface area contributed by atoms with Crippen molar-refractivity contribution in [3.63, 3.8) is 0 Å². The molecule has 1 N–H and O–H groups in total. The Bertz CT molecular complexity index is 231. The average Bonchev–Trinajstić information content (AvgIpc) is 2.65. The van der Waals surface area contributed by atoms with Gasteiger partial charge in [-0.25, -0.2) is 0 Å².